The maximum atomic E-state index is 12.0. The van der Waals surface area contributed by atoms with E-state index in [0.717, 1.165) is 46.0 Å². The first kappa shape index (κ1) is 24.6. The number of rotatable bonds is 14. The molecule has 0 aromatic rings. The molecular weight excluding hydrogens is 360 g/mol. The number of carbonyl (C=O) groups is 4. The van der Waals surface area contributed by atoms with Crippen LogP contribution in [0.15, 0.2) is 11.6 Å². The lowest BCUT2D eigenvalue weighted by Crippen LogP contribution is -2.19. The van der Waals surface area contributed by atoms with Gasteiger partial charge in [-0.3, -0.25) is 0 Å². The van der Waals surface area contributed by atoms with E-state index >= 15 is 0 Å². The van der Waals surface area contributed by atoms with Crippen LogP contribution in [0.1, 0.15) is 39.0 Å². The standard InChI is InChI=1S/C18H28O9/c1-4-5-6-7-9-25-10-8-14(18(22)27-13-17(21)24-3)11-15(19)26-12-16(20)23-2/h11H,4-10,12-13H2,1-3H3/b14-11+. The monoisotopic (exact) mass is 388 g/mol. The summed E-state index contributed by atoms with van der Waals surface area (Å²) in [6.45, 7) is 1.68. The van der Waals surface area contributed by atoms with Crippen molar-refractivity contribution in [1.82, 2.24) is 0 Å². The van der Waals surface area contributed by atoms with Crippen molar-refractivity contribution in [2.75, 3.05) is 40.6 Å². The van der Waals surface area contributed by atoms with Gasteiger partial charge in [-0.15, -0.1) is 0 Å². The van der Waals surface area contributed by atoms with Gasteiger partial charge in [-0.25, -0.2) is 19.2 Å². The number of carbonyl (C=O) groups excluding carboxylic acids is 4. The van der Waals surface area contributed by atoms with Crippen LogP contribution in [0.3, 0.4) is 0 Å². The highest BCUT2D eigenvalue weighted by atomic mass is 16.6. The average molecular weight is 388 g/mol. The minimum absolute atomic E-state index is 0.0395. The van der Waals surface area contributed by atoms with Crippen LogP contribution >= 0.6 is 0 Å². The molecule has 0 rings (SSSR count). The lowest BCUT2D eigenvalue weighted by molar-refractivity contribution is -0.155. The Labute approximate surface area is 158 Å². The normalized spacial score (nSPS) is 10.9. The van der Waals surface area contributed by atoms with Crippen molar-refractivity contribution in [3.63, 3.8) is 0 Å². The van der Waals surface area contributed by atoms with Gasteiger partial charge in [-0.05, 0) is 6.42 Å². The summed E-state index contributed by atoms with van der Waals surface area (Å²) in [5, 5.41) is 0. The predicted octanol–water partition coefficient (Wildman–Crippen LogP) is 1.33. The van der Waals surface area contributed by atoms with E-state index in [9.17, 15) is 19.2 Å². The number of unbranched alkanes of at least 4 members (excludes halogenated alkanes) is 3. The van der Waals surface area contributed by atoms with E-state index in [4.69, 9.17) is 9.47 Å². The van der Waals surface area contributed by atoms with E-state index in [-0.39, 0.29) is 18.6 Å². The van der Waals surface area contributed by atoms with Crippen LogP contribution in [0.4, 0.5) is 0 Å². The van der Waals surface area contributed by atoms with Crippen molar-refractivity contribution in [3.8, 4) is 0 Å². The zero-order valence-corrected chi connectivity index (χ0v) is 16.1. The summed E-state index contributed by atoms with van der Waals surface area (Å²) in [6, 6.07) is 0. The quantitative estimate of drug-likeness (QED) is 0.188. The van der Waals surface area contributed by atoms with Crippen LogP contribution in [0.5, 0.6) is 0 Å². The molecule has 0 aliphatic carbocycles. The van der Waals surface area contributed by atoms with E-state index in [1.165, 1.54) is 0 Å². The number of methoxy groups -OCH3 is 2. The second-order valence-electron chi connectivity index (χ2n) is 5.43. The molecule has 9 nitrogen and oxygen atoms in total. The van der Waals surface area contributed by atoms with Gasteiger partial charge in [0.2, 0.25) is 0 Å². The molecule has 9 heteroatoms. The van der Waals surface area contributed by atoms with Crippen molar-refractivity contribution < 1.29 is 42.9 Å². The molecule has 0 saturated carbocycles. The summed E-state index contributed by atoms with van der Waals surface area (Å²) < 4.78 is 23.6. The largest absolute Gasteiger partial charge is 0.466 e. The molecule has 0 aliphatic heterocycles. The molecule has 0 aromatic heterocycles. The topological polar surface area (TPSA) is 114 Å². The van der Waals surface area contributed by atoms with Gasteiger partial charge in [0.1, 0.15) is 0 Å². The zero-order chi connectivity index (χ0) is 20.5. The molecule has 0 fully saturated rings. The number of ether oxygens (including phenoxy) is 5. The molecule has 0 atom stereocenters. The summed E-state index contributed by atoms with van der Waals surface area (Å²) in [5.41, 5.74) is -0.0395. The second-order valence-corrected chi connectivity index (χ2v) is 5.43. The highest BCUT2D eigenvalue weighted by Gasteiger charge is 2.16. The van der Waals surface area contributed by atoms with Gasteiger partial charge in [-0.1, -0.05) is 26.2 Å². The molecule has 0 amide bonds. The zero-order valence-electron chi connectivity index (χ0n) is 16.1. The van der Waals surface area contributed by atoms with Crippen molar-refractivity contribution in [1.29, 1.82) is 0 Å². The van der Waals surface area contributed by atoms with E-state index in [2.05, 4.69) is 21.1 Å². The van der Waals surface area contributed by atoms with Crippen molar-refractivity contribution >= 4 is 23.9 Å². The van der Waals surface area contributed by atoms with Crippen LogP contribution in [-0.2, 0) is 42.9 Å². The highest BCUT2D eigenvalue weighted by Crippen LogP contribution is 2.07. The fraction of sp³-hybridized carbons (Fsp3) is 0.667. The average Bonchev–Trinajstić information content (AvgIpc) is 2.68. The molecule has 27 heavy (non-hydrogen) atoms. The maximum Gasteiger partial charge on any atom is 0.344 e. The van der Waals surface area contributed by atoms with E-state index < -0.39 is 37.1 Å². The van der Waals surface area contributed by atoms with Crippen molar-refractivity contribution in [2.45, 2.75) is 39.0 Å². The Hall–Kier alpha value is -2.42. The molecule has 0 aliphatic rings. The Morgan fingerprint density at radius 1 is 0.815 bits per heavy atom. The summed E-state index contributed by atoms with van der Waals surface area (Å²) in [4.78, 5) is 45.8. The number of hydrogen-bond acceptors (Lipinski definition) is 9. The first-order valence-electron chi connectivity index (χ1n) is 8.70. The Balaban J connectivity index is 4.61. The van der Waals surface area contributed by atoms with E-state index in [0.29, 0.717) is 6.61 Å². The molecule has 0 saturated heterocycles. The first-order chi connectivity index (χ1) is 12.9. The van der Waals surface area contributed by atoms with Gasteiger partial charge in [0.15, 0.2) is 13.2 Å². The van der Waals surface area contributed by atoms with Gasteiger partial charge in [-0.2, -0.15) is 0 Å². The minimum Gasteiger partial charge on any atom is -0.466 e. The molecule has 0 unspecified atom stereocenters. The smallest absolute Gasteiger partial charge is 0.344 e. The molecule has 0 radical (unpaired) electrons. The SMILES string of the molecule is CCCCCCOCC/C(=C\C(=O)OCC(=O)OC)C(=O)OCC(=O)OC. The van der Waals surface area contributed by atoms with Crippen LogP contribution in [-0.4, -0.2) is 64.5 Å². The molecule has 0 heterocycles. The van der Waals surface area contributed by atoms with Gasteiger partial charge in [0, 0.05) is 24.7 Å². The van der Waals surface area contributed by atoms with Crippen molar-refractivity contribution in [2.24, 2.45) is 0 Å². The van der Waals surface area contributed by atoms with Crippen LogP contribution in [0.2, 0.25) is 0 Å². The van der Waals surface area contributed by atoms with E-state index in [1.54, 1.807) is 0 Å². The minimum atomic E-state index is -0.909. The lowest BCUT2D eigenvalue weighted by atomic mass is 10.2. The fourth-order valence-corrected chi connectivity index (χ4v) is 1.80. The van der Waals surface area contributed by atoms with Gasteiger partial charge in [0.25, 0.3) is 0 Å². The Morgan fingerprint density at radius 3 is 2.04 bits per heavy atom. The highest BCUT2D eigenvalue weighted by molar-refractivity contribution is 5.97. The Kier molecular flexibility index (Phi) is 14.4. The predicted molar refractivity (Wildman–Crippen MR) is 93.6 cm³/mol. The van der Waals surface area contributed by atoms with Crippen LogP contribution < -0.4 is 0 Å². The lowest BCUT2D eigenvalue weighted by Gasteiger charge is -2.09. The number of hydrogen-bond donors (Lipinski definition) is 0. The Morgan fingerprint density at radius 2 is 1.44 bits per heavy atom. The summed E-state index contributed by atoms with van der Waals surface area (Å²) in [6.07, 6.45) is 5.19. The molecule has 0 aromatic carbocycles. The molecule has 154 valence electrons. The third kappa shape index (κ3) is 13.4. The van der Waals surface area contributed by atoms with Crippen LogP contribution in [0, 0.1) is 0 Å². The summed E-state index contributed by atoms with van der Waals surface area (Å²) in [5.74, 6) is -3.25. The van der Waals surface area contributed by atoms with E-state index in [1.807, 2.05) is 0 Å². The summed E-state index contributed by atoms with van der Waals surface area (Å²) in [7, 11) is 2.31. The molecule has 0 N–H and O–H groups in total. The van der Waals surface area contributed by atoms with Crippen LogP contribution in [0.25, 0.3) is 0 Å². The Bertz CT molecular complexity index is 511. The maximum absolute atomic E-state index is 12.0. The molecule has 0 bridgehead atoms. The first-order valence-corrected chi connectivity index (χ1v) is 8.70. The fourth-order valence-electron chi connectivity index (χ4n) is 1.80. The number of esters is 4. The van der Waals surface area contributed by atoms with Gasteiger partial charge in [0.05, 0.1) is 20.8 Å². The third-order valence-corrected chi connectivity index (χ3v) is 3.32. The van der Waals surface area contributed by atoms with Gasteiger partial charge >= 0.3 is 23.9 Å². The van der Waals surface area contributed by atoms with Gasteiger partial charge < -0.3 is 23.7 Å². The third-order valence-electron chi connectivity index (χ3n) is 3.32. The van der Waals surface area contributed by atoms with Crippen molar-refractivity contribution in [3.05, 3.63) is 11.6 Å². The summed E-state index contributed by atoms with van der Waals surface area (Å²) >= 11 is 0. The molecular formula is C18H28O9. The second kappa shape index (κ2) is 15.8. The molecule has 0 spiro atoms.